The van der Waals surface area contributed by atoms with Gasteiger partial charge in [0.2, 0.25) is 0 Å². The minimum absolute atomic E-state index is 0.0174. The summed E-state index contributed by atoms with van der Waals surface area (Å²) in [5.41, 5.74) is 2.08. The molecule has 0 aromatic heterocycles. The van der Waals surface area contributed by atoms with Crippen molar-refractivity contribution in [2.75, 3.05) is 13.6 Å². The molecule has 0 aliphatic carbocycles. The molecule has 25 heavy (non-hydrogen) atoms. The molecular formula is C18H17ClN2O4. The molecule has 0 radical (unpaired) electrons. The summed E-state index contributed by atoms with van der Waals surface area (Å²) in [6.07, 6.45) is 0.549. The second kappa shape index (κ2) is 7.21. The van der Waals surface area contributed by atoms with Crippen molar-refractivity contribution in [3.8, 4) is 0 Å². The molecule has 0 saturated heterocycles. The third-order valence-corrected chi connectivity index (χ3v) is 4.49. The lowest BCUT2D eigenvalue weighted by molar-refractivity contribution is -0.385. The zero-order valence-electron chi connectivity index (χ0n) is 13.6. The number of carbonyl (C=O) groups is 1. The van der Waals surface area contributed by atoms with Crippen LogP contribution in [0.5, 0.6) is 0 Å². The predicted octanol–water partition coefficient (Wildman–Crippen LogP) is 3.46. The number of likely N-dealkylation sites (N-methyl/N-ethyl adjacent to an activating group) is 1. The van der Waals surface area contributed by atoms with Crippen molar-refractivity contribution in [1.29, 1.82) is 0 Å². The highest BCUT2D eigenvalue weighted by molar-refractivity contribution is 6.31. The van der Waals surface area contributed by atoms with Gasteiger partial charge in [-0.25, -0.2) is 0 Å². The summed E-state index contributed by atoms with van der Waals surface area (Å²) >= 11 is 5.90. The van der Waals surface area contributed by atoms with Crippen molar-refractivity contribution < 1.29 is 14.5 Å². The number of ether oxygens (including phenoxy) is 1. The van der Waals surface area contributed by atoms with Crippen molar-refractivity contribution in [2.45, 2.75) is 19.1 Å². The average molecular weight is 361 g/mol. The molecule has 0 N–H and O–H groups in total. The topological polar surface area (TPSA) is 72.7 Å². The number of amides is 1. The van der Waals surface area contributed by atoms with Crippen LogP contribution in [0.25, 0.3) is 0 Å². The molecule has 1 heterocycles. The molecule has 0 saturated carbocycles. The molecule has 0 spiro atoms. The van der Waals surface area contributed by atoms with E-state index >= 15 is 0 Å². The highest BCUT2D eigenvalue weighted by atomic mass is 35.5. The van der Waals surface area contributed by atoms with Gasteiger partial charge in [0.25, 0.3) is 11.6 Å². The van der Waals surface area contributed by atoms with Crippen LogP contribution in [-0.4, -0.2) is 35.4 Å². The Labute approximate surface area is 150 Å². The highest BCUT2D eigenvalue weighted by Crippen LogP contribution is 2.25. The van der Waals surface area contributed by atoms with Crippen LogP contribution in [0, 0.1) is 10.1 Å². The first kappa shape index (κ1) is 17.4. The summed E-state index contributed by atoms with van der Waals surface area (Å²) in [5, 5.41) is 11.4. The number of hydrogen-bond donors (Lipinski definition) is 0. The molecule has 7 heteroatoms. The SMILES string of the molecule is CN(CC1Cc2ccccc2CO1)C(=O)c1cc(Cl)ccc1[N+](=O)[O-]. The maximum absolute atomic E-state index is 12.6. The zero-order chi connectivity index (χ0) is 18.0. The minimum Gasteiger partial charge on any atom is -0.371 e. The summed E-state index contributed by atoms with van der Waals surface area (Å²) < 4.78 is 5.81. The van der Waals surface area contributed by atoms with Crippen molar-refractivity contribution >= 4 is 23.2 Å². The second-order valence-corrected chi connectivity index (χ2v) is 6.45. The number of fused-ring (bicyclic) bond motifs is 1. The van der Waals surface area contributed by atoms with Crippen LogP contribution in [0.2, 0.25) is 5.02 Å². The monoisotopic (exact) mass is 360 g/mol. The van der Waals surface area contributed by atoms with Gasteiger partial charge in [0, 0.05) is 31.1 Å². The molecule has 6 nitrogen and oxygen atoms in total. The fourth-order valence-electron chi connectivity index (χ4n) is 2.96. The molecule has 3 rings (SSSR count). The Kier molecular flexibility index (Phi) is 5.01. The number of carbonyl (C=O) groups excluding carboxylic acids is 1. The third-order valence-electron chi connectivity index (χ3n) is 4.25. The smallest absolute Gasteiger partial charge is 0.282 e. The Balaban J connectivity index is 1.74. The van der Waals surface area contributed by atoms with E-state index in [0.29, 0.717) is 19.6 Å². The molecule has 1 unspecified atom stereocenters. The first-order chi connectivity index (χ1) is 12.0. The highest BCUT2D eigenvalue weighted by Gasteiger charge is 2.26. The van der Waals surface area contributed by atoms with E-state index in [9.17, 15) is 14.9 Å². The minimum atomic E-state index is -0.579. The molecule has 130 valence electrons. The largest absolute Gasteiger partial charge is 0.371 e. The van der Waals surface area contributed by atoms with E-state index in [1.54, 1.807) is 7.05 Å². The standard InChI is InChI=1S/C18H17ClN2O4/c1-20(10-15-8-12-4-2-3-5-13(12)11-25-15)18(22)16-9-14(19)6-7-17(16)21(23)24/h2-7,9,15H,8,10-11H2,1H3. The van der Waals surface area contributed by atoms with E-state index in [1.165, 1.54) is 28.7 Å². The van der Waals surface area contributed by atoms with Crippen LogP contribution in [-0.2, 0) is 17.8 Å². The van der Waals surface area contributed by atoms with Crippen molar-refractivity contribution in [2.24, 2.45) is 0 Å². The first-order valence-electron chi connectivity index (χ1n) is 7.83. The van der Waals surface area contributed by atoms with Gasteiger partial charge >= 0.3 is 0 Å². The van der Waals surface area contributed by atoms with Crippen LogP contribution >= 0.6 is 11.6 Å². The lowest BCUT2D eigenvalue weighted by atomic mass is 9.99. The molecule has 1 aliphatic rings. The molecule has 0 fully saturated rings. The number of nitrogens with zero attached hydrogens (tertiary/aromatic N) is 2. The van der Waals surface area contributed by atoms with Gasteiger partial charge in [0.05, 0.1) is 17.6 Å². The normalized spacial score (nSPS) is 16.2. The zero-order valence-corrected chi connectivity index (χ0v) is 14.4. The van der Waals surface area contributed by atoms with Crippen LogP contribution in [0.1, 0.15) is 21.5 Å². The number of rotatable bonds is 4. The van der Waals surface area contributed by atoms with Crippen LogP contribution in [0.15, 0.2) is 42.5 Å². The van der Waals surface area contributed by atoms with E-state index in [1.807, 2.05) is 18.2 Å². The van der Waals surface area contributed by atoms with E-state index in [0.717, 1.165) is 5.56 Å². The van der Waals surface area contributed by atoms with Crippen LogP contribution in [0.3, 0.4) is 0 Å². The summed E-state index contributed by atoms with van der Waals surface area (Å²) in [5.74, 6) is -0.448. The maximum atomic E-state index is 12.6. The fourth-order valence-corrected chi connectivity index (χ4v) is 3.13. The molecule has 0 bridgehead atoms. The second-order valence-electron chi connectivity index (χ2n) is 6.01. The number of halogens is 1. The van der Waals surface area contributed by atoms with Gasteiger partial charge in [0.1, 0.15) is 5.56 Å². The van der Waals surface area contributed by atoms with Gasteiger partial charge in [-0.15, -0.1) is 0 Å². The molecule has 1 amide bonds. The Morgan fingerprint density at radius 2 is 2.04 bits per heavy atom. The fraction of sp³-hybridized carbons (Fsp3) is 0.278. The Hall–Kier alpha value is -2.44. The first-order valence-corrected chi connectivity index (χ1v) is 8.21. The summed E-state index contributed by atoms with van der Waals surface area (Å²) in [4.78, 5) is 24.7. The van der Waals surface area contributed by atoms with Crippen LogP contribution in [0.4, 0.5) is 5.69 Å². The van der Waals surface area contributed by atoms with E-state index < -0.39 is 10.8 Å². The number of nitro groups is 1. The lowest BCUT2D eigenvalue weighted by Gasteiger charge is -2.29. The Bertz CT molecular complexity index is 824. The van der Waals surface area contributed by atoms with Gasteiger partial charge < -0.3 is 9.64 Å². The van der Waals surface area contributed by atoms with E-state index in [4.69, 9.17) is 16.3 Å². The predicted molar refractivity (Wildman–Crippen MR) is 93.8 cm³/mol. The van der Waals surface area contributed by atoms with Gasteiger partial charge in [-0.1, -0.05) is 35.9 Å². The summed E-state index contributed by atoms with van der Waals surface area (Å²) in [7, 11) is 1.61. The molecule has 1 aliphatic heterocycles. The van der Waals surface area contributed by atoms with Gasteiger partial charge in [-0.05, 0) is 23.3 Å². The molecule has 1 atom stereocenters. The van der Waals surface area contributed by atoms with Crippen molar-refractivity contribution in [3.63, 3.8) is 0 Å². The van der Waals surface area contributed by atoms with E-state index in [2.05, 4.69) is 6.07 Å². The quantitative estimate of drug-likeness (QED) is 0.618. The van der Waals surface area contributed by atoms with Gasteiger partial charge in [-0.3, -0.25) is 14.9 Å². The number of benzene rings is 2. The molecule has 2 aromatic carbocycles. The lowest BCUT2D eigenvalue weighted by Crippen LogP contribution is -2.38. The Morgan fingerprint density at radius 1 is 1.32 bits per heavy atom. The summed E-state index contributed by atoms with van der Waals surface area (Å²) in [6.45, 7) is 0.844. The number of hydrogen-bond acceptors (Lipinski definition) is 4. The third kappa shape index (κ3) is 3.81. The number of nitro benzene ring substituents is 1. The molecule has 2 aromatic rings. The maximum Gasteiger partial charge on any atom is 0.282 e. The molecular weight excluding hydrogens is 344 g/mol. The van der Waals surface area contributed by atoms with E-state index in [-0.39, 0.29) is 22.4 Å². The van der Waals surface area contributed by atoms with Crippen molar-refractivity contribution in [3.05, 3.63) is 74.3 Å². The van der Waals surface area contributed by atoms with Crippen molar-refractivity contribution in [1.82, 2.24) is 4.90 Å². The van der Waals surface area contributed by atoms with Gasteiger partial charge in [0.15, 0.2) is 0 Å². The van der Waals surface area contributed by atoms with Gasteiger partial charge in [-0.2, -0.15) is 0 Å². The Morgan fingerprint density at radius 3 is 2.76 bits per heavy atom. The summed E-state index contributed by atoms with van der Waals surface area (Å²) in [6, 6.07) is 12.0. The average Bonchev–Trinajstić information content (AvgIpc) is 2.60. The van der Waals surface area contributed by atoms with Crippen LogP contribution < -0.4 is 0 Å².